The van der Waals surface area contributed by atoms with E-state index in [0.717, 1.165) is 22.1 Å². The topological polar surface area (TPSA) is 54.5 Å². The fourth-order valence-corrected chi connectivity index (χ4v) is 2.18. The van der Waals surface area contributed by atoms with Gasteiger partial charge in [0.1, 0.15) is 0 Å². The van der Waals surface area contributed by atoms with Gasteiger partial charge in [-0.2, -0.15) is 0 Å². The monoisotopic (exact) mass is 326 g/mol. The molecule has 1 heterocycles. The van der Waals surface area contributed by atoms with Gasteiger partial charge in [0.15, 0.2) is 0 Å². The van der Waals surface area contributed by atoms with Gasteiger partial charge < -0.3 is 4.98 Å². The summed E-state index contributed by atoms with van der Waals surface area (Å²) in [6.45, 7) is 0. The van der Waals surface area contributed by atoms with Gasteiger partial charge in [-0.25, -0.2) is 0 Å². The first-order valence-corrected chi connectivity index (χ1v) is 7.97. The molecule has 0 atom stereocenters. The molecule has 0 aliphatic rings. The number of aromatic nitrogens is 4. The number of para-hydroxylation sites is 4. The van der Waals surface area contributed by atoms with Crippen LogP contribution in [0.3, 0.4) is 0 Å². The van der Waals surface area contributed by atoms with Crippen LogP contribution in [-0.2, 0) is 0 Å². The third-order valence-corrected chi connectivity index (χ3v) is 3.36. The number of hydrogen-bond donors (Lipinski definition) is 1. The molecule has 0 saturated carbocycles. The molecule has 25 heavy (non-hydrogen) atoms. The summed E-state index contributed by atoms with van der Waals surface area (Å²) in [5, 5.41) is 0. The fraction of sp³-hybridized carbons (Fsp3) is 0. The van der Waals surface area contributed by atoms with Crippen LogP contribution in [0.15, 0.2) is 104 Å². The van der Waals surface area contributed by atoms with Gasteiger partial charge in [0.2, 0.25) is 0 Å². The number of H-pyrrole nitrogens is 1. The quantitative estimate of drug-likeness (QED) is 0.640. The van der Waals surface area contributed by atoms with Gasteiger partial charge in [0.25, 0.3) is 0 Å². The zero-order valence-corrected chi connectivity index (χ0v) is 13.7. The van der Waals surface area contributed by atoms with E-state index in [2.05, 4.69) is 19.9 Å². The second-order valence-corrected chi connectivity index (χ2v) is 5.11. The molecule has 0 spiro atoms. The molecule has 0 aliphatic carbocycles. The molecule has 0 amide bonds. The van der Waals surface area contributed by atoms with Crippen molar-refractivity contribution in [3.63, 3.8) is 0 Å². The highest BCUT2D eigenvalue weighted by Crippen LogP contribution is 2.04. The van der Waals surface area contributed by atoms with E-state index in [-0.39, 0.29) is 0 Å². The fourth-order valence-electron chi connectivity index (χ4n) is 2.18. The molecule has 122 valence electrons. The molecule has 3 rings (SSSR count). The number of hydrogen-bond acceptors (Lipinski definition) is 3. The smallest absolute Gasteiger partial charge is 0.0886 e. The number of nitrogens with zero attached hydrogens (tertiary/aromatic N) is 3. The molecule has 0 unspecified atom stereocenters. The zero-order chi connectivity index (χ0) is 17.2. The summed E-state index contributed by atoms with van der Waals surface area (Å²) in [6, 6.07) is 25.2. The highest BCUT2D eigenvalue weighted by atomic mass is 14.7. The lowest BCUT2D eigenvalue weighted by Gasteiger charge is -1.90. The minimum Gasteiger partial charge on any atom is -0.360 e. The lowest BCUT2D eigenvalue weighted by Crippen LogP contribution is -1.76. The molecule has 1 N–H and O–H groups in total. The molecule has 4 heteroatoms. The summed E-state index contributed by atoms with van der Waals surface area (Å²) in [5.41, 5.74) is 3.39. The van der Waals surface area contributed by atoms with E-state index in [1.165, 1.54) is 0 Å². The van der Waals surface area contributed by atoms with Gasteiger partial charge in [-0.15, -0.1) is 0 Å². The third kappa shape index (κ3) is 4.97. The maximum Gasteiger partial charge on any atom is 0.0886 e. The van der Waals surface area contributed by atoms with Crippen LogP contribution in [0.2, 0.25) is 0 Å². The first kappa shape index (κ1) is 16.3. The summed E-state index contributed by atoms with van der Waals surface area (Å²) < 4.78 is 0. The average molecular weight is 326 g/mol. The average Bonchev–Trinajstić information content (AvgIpc) is 2.65. The molecule has 0 bridgehead atoms. The first-order chi connectivity index (χ1) is 12.4. The Kier molecular flexibility index (Phi) is 5.84. The van der Waals surface area contributed by atoms with Crippen LogP contribution >= 0.6 is 0 Å². The third-order valence-electron chi connectivity index (χ3n) is 3.36. The van der Waals surface area contributed by atoms with Crippen LogP contribution in [0, 0.1) is 0 Å². The van der Waals surface area contributed by atoms with Crippen molar-refractivity contribution in [1.29, 1.82) is 0 Å². The molecule has 0 fully saturated rings. The van der Waals surface area contributed by atoms with Crippen LogP contribution in [-0.4, -0.2) is 19.9 Å². The lowest BCUT2D eigenvalue weighted by molar-refractivity contribution is 1.32. The number of nitrogens with one attached hydrogen (secondary N) is 1. The maximum absolute atomic E-state index is 4.47. The summed E-state index contributed by atoms with van der Waals surface area (Å²) >= 11 is 0. The van der Waals surface area contributed by atoms with Crippen LogP contribution < -0.4 is 0 Å². The van der Waals surface area contributed by atoms with Crippen molar-refractivity contribution in [2.45, 2.75) is 0 Å². The normalized spacial score (nSPS) is 9.60. The summed E-state index contributed by atoms with van der Waals surface area (Å²) in [5.74, 6) is 0. The van der Waals surface area contributed by atoms with E-state index in [4.69, 9.17) is 0 Å². The Labute approximate surface area is 146 Å². The predicted molar refractivity (Wildman–Crippen MR) is 102 cm³/mol. The van der Waals surface area contributed by atoms with E-state index >= 15 is 0 Å². The largest absolute Gasteiger partial charge is 0.360 e. The first-order valence-electron chi connectivity index (χ1n) is 7.97. The number of rotatable bonds is 0. The number of benzene rings is 2. The summed E-state index contributed by atoms with van der Waals surface area (Å²) in [4.78, 5) is 16.6. The molecule has 1 aromatic heterocycles. The van der Waals surface area contributed by atoms with Crippen LogP contribution in [0.5, 0.6) is 0 Å². The minimum atomic E-state index is 0.798. The Morgan fingerprint density at radius 1 is 0.480 bits per heavy atom. The van der Waals surface area contributed by atoms with Crippen LogP contribution in [0.4, 0.5) is 0 Å². The molecule has 3 aromatic rings. The number of fused-ring (bicyclic) bond motifs is 2. The Balaban J connectivity index is 2.24. The SMILES string of the molecule is c1cccnc2ccccc2nccnc2ccccc2[nH]ccc1. The van der Waals surface area contributed by atoms with Gasteiger partial charge in [-0.3, -0.25) is 15.0 Å². The van der Waals surface area contributed by atoms with Crippen molar-refractivity contribution in [2.75, 3.05) is 0 Å². The second kappa shape index (κ2) is 8.93. The van der Waals surface area contributed by atoms with E-state index in [1.54, 1.807) is 18.6 Å². The van der Waals surface area contributed by atoms with Gasteiger partial charge in [-0.05, 0) is 36.4 Å². The number of aromatic amines is 1. The van der Waals surface area contributed by atoms with E-state index in [1.807, 2.05) is 85.1 Å². The Hall–Kier alpha value is -3.53. The van der Waals surface area contributed by atoms with Gasteiger partial charge in [-0.1, -0.05) is 42.5 Å². The van der Waals surface area contributed by atoms with Crippen molar-refractivity contribution in [2.24, 2.45) is 0 Å². The Morgan fingerprint density at radius 2 is 1.04 bits per heavy atom. The van der Waals surface area contributed by atoms with Crippen molar-refractivity contribution >= 4 is 22.1 Å². The van der Waals surface area contributed by atoms with Crippen molar-refractivity contribution < 1.29 is 0 Å². The minimum absolute atomic E-state index is 0.798. The molecule has 0 aliphatic heterocycles. The Bertz CT molecular complexity index is 941. The van der Waals surface area contributed by atoms with Crippen molar-refractivity contribution in [1.82, 2.24) is 19.9 Å². The van der Waals surface area contributed by atoms with E-state index in [0.29, 0.717) is 0 Å². The lowest BCUT2D eigenvalue weighted by atomic mass is 10.3. The maximum atomic E-state index is 4.47. The second-order valence-electron chi connectivity index (χ2n) is 5.11. The molecule has 0 saturated heterocycles. The standard InChI is InChI=1S/C21H18N4/c1-2-8-14-22-18-10-4-6-12-20(18)24-16-17-25-21-13-7-5-11-19(21)23-15-9-3-1/h1-17,22H. The summed E-state index contributed by atoms with van der Waals surface area (Å²) in [7, 11) is 0. The van der Waals surface area contributed by atoms with Crippen LogP contribution in [0.25, 0.3) is 22.1 Å². The Morgan fingerprint density at radius 3 is 1.84 bits per heavy atom. The highest BCUT2D eigenvalue weighted by molar-refractivity contribution is 5.73. The van der Waals surface area contributed by atoms with E-state index in [9.17, 15) is 0 Å². The molecular weight excluding hydrogens is 308 g/mol. The van der Waals surface area contributed by atoms with E-state index < -0.39 is 0 Å². The van der Waals surface area contributed by atoms with Crippen molar-refractivity contribution in [3.8, 4) is 0 Å². The highest BCUT2D eigenvalue weighted by Gasteiger charge is 1.87. The van der Waals surface area contributed by atoms with Crippen molar-refractivity contribution in [3.05, 3.63) is 104 Å². The van der Waals surface area contributed by atoms with Gasteiger partial charge >= 0.3 is 0 Å². The molecule has 4 nitrogen and oxygen atoms in total. The molecular formula is C21H18N4. The zero-order valence-electron chi connectivity index (χ0n) is 13.7. The van der Waals surface area contributed by atoms with Gasteiger partial charge in [0.05, 0.1) is 22.1 Å². The molecule has 0 radical (unpaired) electrons. The van der Waals surface area contributed by atoms with Crippen LogP contribution in [0.1, 0.15) is 0 Å². The van der Waals surface area contributed by atoms with Gasteiger partial charge in [0, 0.05) is 24.8 Å². The predicted octanol–water partition coefficient (Wildman–Crippen LogP) is 4.88. The molecule has 2 aromatic carbocycles. The summed E-state index contributed by atoms with van der Waals surface area (Å²) in [6.07, 6.45) is 6.98.